The highest BCUT2D eigenvalue weighted by atomic mass is 35.5. The zero-order valence-electron chi connectivity index (χ0n) is 9.66. The molecule has 3 rings (SSSR count). The minimum Gasteiger partial charge on any atom is -0.378 e. The molecule has 1 atom stereocenters. The summed E-state index contributed by atoms with van der Waals surface area (Å²) in [7, 11) is 0. The summed E-state index contributed by atoms with van der Waals surface area (Å²) in [5.41, 5.74) is 1.94. The lowest BCUT2D eigenvalue weighted by Crippen LogP contribution is -2.37. The molecule has 92 valence electrons. The molecule has 3 heterocycles. The van der Waals surface area contributed by atoms with Gasteiger partial charge in [-0.2, -0.15) is 0 Å². The van der Waals surface area contributed by atoms with Crippen LogP contribution in [0.4, 0.5) is 0 Å². The van der Waals surface area contributed by atoms with Crippen LogP contribution in [0.1, 0.15) is 17.7 Å². The van der Waals surface area contributed by atoms with Crippen molar-refractivity contribution in [1.82, 2.24) is 4.98 Å². The van der Waals surface area contributed by atoms with Gasteiger partial charge in [0.25, 0.3) is 0 Å². The number of rotatable bonds is 1. The Balaban J connectivity index is 2.16. The van der Waals surface area contributed by atoms with Crippen LogP contribution in [0.25, 0.3) is 0 Å². The average Bonchev–Trinajstić information content (AvgIpc) is 2.79. The van der Waals surface area contributed by atoms with Crippen LogP contribution < -0.4 is 0 Å². The molecule has 0 saturated carbocycles. The Morgan fingerprint density at radius 2 is 2.35 bits per heavy atom. The largest absolute Gasteiger partial charge is 0.378 e. The second kappa shape index (κ2) is 4.43. The van der Waals surface area contributed by atoms with Crippen LogP contribution >= 0.6 is 23.4 Å². The zero-order valence-corrected chi connectivity index (χ0v) is 11.2. The van der Waals surface area contributed by atoms with Gasteiger partial charge in [0.15, 0.2) is 0 Å². The van der Waals surface area contributed by atoms with Crippen LogP contribution in [-0.2, 0) is 21.5 Å². The standard InChI is InChI=1S/C12H14ClNO2S/c1-17-9-6-10(13)14-11-8(9)2-4-16-12(11)3-5-15-7-12/h6H,2-5,7H2,1H3. The molecule has 2 aliphatic heterocycles. The Labute approximate surface area is 110 Å². The molecule has 1 saturated heterocycles. The van der Waals surface area contributed by atoms with Crippen molar-refractivity contribution in [3.63, 3.8) is 0 Å². The first kappa shape index (κ1) is 11.8. The van der Waals surface area contributed by atoms with E-state index in [0.717, 1.165) is 31.7 Å². The van der Waals surface area contributed by atoms with Crippen molar-refractivity contribution in [2.75, 3.05) is 26.1 Å². The minimum absolute atomic E-state index is 0.344. The Morgan fingerprint density at radius 1 is 1.47 bits per heavy atom. The van der Waals surface area contributed by atoms with Crippen molar-refractivity contribution >= 4 is 23.4 Å². The Hall–Kier alpha value is -0.290. The lowest BCUT2D eigenvalue weighted by Gasteiger charge is -2.34. The molecule has 3 nitrogen and oxygen atoms in total. The van der Waals surface area contributed by atoms with Crippen LogP contribution in [0.3, 0.4) is 0 Å². The van der Waals surface area contributed by atoms with Crippen LogP contribution in [0.2, 0.25) is 5.15 Å². The molecule has 1 unspecified atom stereocenters. The van der Waals surface area contributed by atoms with E-state index in [-0.39, 0.29) is 5.60 Å². The molecule has 5 heteroatoms. The van der Waals surface area contributed by atoms with E-state index in [4.69, 9.17) is 21.1 Å². The predicted molar refractivity (Wildman–Crippen MR) is 67.8 cm³/mol. The molecule has 1 aromatic heterocycles. The first-order valence-electron chi connectivity index (χ1n) is 5.71. The van der Waals surface area contributed by atoms with E-state index >= 15 is 0 Å². The van der Waals surface area contributed by atoms with Crippen molar-refractivity contribution in [3.8, 4) is 0 Å². The van der Waals surface area contributed by atoms with Gasteiger partial charge < -0.3 is 9.47 Å². The number of aromatic nitrogens is 1. The molecule has 0 amide bonds. The molecule has 0 aliphatic carbocycles. The van der Waals surface area contributed by atoms with Crippen LogP contribution in [0.5, 0.6) is 0 Å². The maximum absolute atomic E-state index is 6.10. The van der Waals surface area contributed by atoms with Gasteiger partial charge >= 0.3 is 0 Å². The van der Waals surface area contributed by atoms with Gasteiger partial charge in [0.05, 0.1) is 18.9 Å². The average molecular weight is 272 g/mol. The first-order chi connectivity index (χ1) is 8.25. The molecular weight excluding hydrogens is 258 g/mol. The van der Waals surface area contributed by atoms with Gasteiger partial charge in [-0.15, -0.1) is 11.8 Å². The second-order valence-corrected chi connectivity index (χ2v) is 5.61. The normalized spacial score (nSPS) is 27.4. The van der Waals surface area contributed by atoms with Gasteiger partial charge in [-0.05, 0) is 24.3 Å². The smallest absolute Gasteiger partial charge is 0.136 e. The van der Waals surface area contributed by atoms with Gasteiger partial charge in [0.2, 0.25) is 0 Å². The second-order valence-electron chi connectivity index (χ2n) is 4.37. The third-order valence-corrected chi connectivity index (χ3v) is 4.42. The SMILES string of the molecule is CSc1cc(Cl)nc2c1CCOC21CCOC1. The van der Waals surface area contributed by atoms with Crippen LogP contribution in [0, 0.1) is 0 Å². The van der Waals surface area contributed by atoms with E-state index in [9.17, 15) is 0 Å². The van der Waals surface area contributed by atoms with Crippen LogP contribution in [-0.4, -0.2) is 31.1 Å². The maximum atomic E-state index is 6.10. The number of thioether (sulfide) groups is 1. The highest BCUT2D eigenvalue weighted by molar-refractivity contribution is 7.98. The monoisotopic (exact) mass is 271 g/mol. The lowest BCUT2D eigenvalue weighted by atomic mass is 9.90. The van der Waals surface area contributed by atoms with Gasteiger partial charge in [0.1, 0.15) is 10.8 Å². The van der Waals surface area contributed by atoms with Crippen molar-refractivity contribution in [2.45, 2.75) is 23.3 Å². The summed E-state index contributed by atoms with van der Waals surface area (Å²) >= 11 is 7.82. The molecule has 0 bridgehead atoms. The number of halogens is 1. The molecule has 17 heavy (non-hydrogen) atoms. The molecule has 0 N–H and O–H groups in total. The van der Waals surface area contributed by atoms with Crippen molar-refractivity contribution in [2.24, 2.45) is 0 Å². The van der Waals surface area contributed by atoms with Gasteiger partial charge in [-0.1, -0.05) is 11.6 Å². The summed E-state index contributed by atoms with van der Waals surface area (Å²) < 4.78 is 11.4. The van der Waals surface area contributed by atoms with Gasteiger partial charge in [-0.25, -0.2) is 4.98 Å². The molecule has 0 radical (unpaired) electrons. The number of ether oxygens (including phenoxy) is 2. The predicted octanol–water partition coefficient (Wildman–Crippen LogP) is 2.65. The highest BCUT2D eigenvalue weighted by Gasteiger charge is 2.43. The van der Waals surface area contributed by atoms with E-state index in [2.05, 4.69) is 11.2 Å². The van der Waals surface area contributed by atoms with Crippen LogP contribution in [0.15, 0.2) is 11.0 Å². The van der Waals surface area contributed by atoms with Gasteiger partial charge in [0, 0.05) is 17.9 Å². The molecule has 0 aromatic carbocycles. The minimum atomic E-state index is -0.344. The molecule has 1 fully saturated rings. The van der Waals surface area contributed by atoms with Gasteiger partial charge in [-0.3, -0.25) is 0 Å². The third kappa shape index (κ3) is 1.87. The van der Waals surface area contributed by atoms with E-state index < -0.39 is 0 Å². The number of nitrogens with zero attached hydrogens (tertiary/aromatic N) is 1. The number of fused-ring (bicyclic) bond motifs is 2. The summed E-state index contributed by atoms with van der Waals surface area (Å²) in [6.45, 7) is 2.08. The molecule has 1 aromatic rings. The number of pyridine rings is 1. The van der Waals surface area contributed by atoms with E-state index in [0.29, 0.717) is 11.8 Å². The Kier molecular flexibility index (Phi) is 3.07. The third-order valence-electron chi connectivity index (χ3n) is 3.42. The first-order valence-corrected chi connectivity index (χ1v) is 7.31. The lowest BCUT2D eigenvalue weighted by molar-refractivity contribution is -0.0670. The molecule has 1 spiro atoms. The topological polar surface area (TPSA) is 31.4 Å². The van der Waals surface area contributed by atoms with E-state index in [1.165, 1.54) is 10.5 Å². The molecule has 2 aliphatic rings. The maximum Gasteiger partial charge on any atom is 0.136 e. The summed E-state index contributed by atoms with van der Waals surface area (Å²) in [6, 6.07) is 1.94. The quantitative estimate of drug-likeness (QED) is 0.580. The summed E-state index contributed by atoms with van der Waals surface area (Å²) in [4.78, 5) is 5.72. The van der Waals surface area contributed by atoms with E-state index in [1.807, 2.05) is 6.07 Å². The van der Waals surface area contributed by atoms with E-state index in [1.54, 1.807) is 11.8 Å². The fourth-order valence-electron chi connectivity index (χ4n) is 2.58. The summed E-state index contributed by atoms with van der Waals surface area (Å²) in [6.07, 6.45) is 3.86. The summed E-state index contributed by atoms with van der Waals surface area (Å²) in [5, 5.41) is 0.546. The zero-order chi connectivity index (χ0) is 11.9. The Morgan fingerprint density at radius 3 is 3.06 bits per heavy atom. The Bertz CT molecular complexity index is 446. The molecular formula is C12H14ClNO2S. The fraction of sp³-hybridized carbons (Fsp3) is 0.583. The van der Waals surface area contributed by atoms with Crippen molar-refractivity contribution in [1.29, 1.82) is 0 Å². The van der Waals surface area contributed by atoms with Crippen molar-refractivity contribution < 1.29 is 9.47 Å². The van der Waals surface area contributed by atoms with Crippen molar-refractivity contribution in [3.05, 3.63) is 22.5 Å². The summed E-state index contributed by atoms with van der Waals surface area (Å²) in [5.74, 6) is 0. The fourth-order valence-corrected chi connectivity index (χ4v) is 3.52. The number of hydrogen-bond donors (Lipinski definition) is 0. The number of hydrogen-bond acceptors (Lipinski definition) is 4. The highest BCUT2D eigenvalue weighted by Crippen LogP contribution is 2.41.